The minimum absolute atomic E-state index is 0.132. The van der Waals surface area contributed by atoms with E-state index < -0.39 is 89.2 Å². The van der Waals surface area contributed by atoms with Crippen LogP contribution in [0.3, 0.4) is 0 Å². The number of guanidine groups is 2. The van der Waals surface area contributed by atoms with Crippen molar-refractivity contribution in [2.45, 2.75) is 140 Å². The fourth-order valence-corrected chi connectivity index (χ4v) is 11.2. The highest BCUT2D eigenvalue weighted by Crippen LogP contribution is 2.24. The number of primary amides is 2. The zero-order chi connectivity index (χ0) is 75.2. The van der Waals surface area contributed by atoms with E-state index in [1.165, 1.54) is 0 Å². The smallest absolute Gasteiger partial charge is 0.408 e. The molecule has 16 N–H and O–H groups in total. The standard InChI is InChI=1S/C39H49N7O5.C21H30N6O2.C18H21NO4/c1-39(2,3)51-38(50)46-33(24-29-16-10-15-27-13-8-9-17-30(27)29)36(49)44-31(18-11-21-43-37(41-4)42-5)35(48)45-32(34(40)47)23-25-19-20-26-12-6-7-14-28(26)22-25;1-24-21(25-2)26-11-5-8-17(22)20(29)27-18(19(23)28)13-14-9-10-15-6-3-4-7-16(15)12-14;1-18(2,3)23-17(22)19-15(16(20)21)11-13-9-6-8-12-7-4-5-10-14(12)13/h6-10,12-17,19-20,22,31-33H,11,18,21,23-24H2,1-5H3,(H2,40,47)(H,44,49)(H,45,48)(H,46,50)(H2,41,42,43);3-4,6-7,9-10,12,17-18H,5,8,11,13,22H2,1-2H3,(H2,23,28)(H,27,29)(H2,24,25,26);4-10,15H,11H2,1-3H3,(H,19,22)(H,20,21)/t31-,32+,33+;17-,18+;15-/m001/s1. The van der Waals surface area contributed by atoms with Gasteiger partial charge in [0.25, 0.3) is 0 Å². The van der Waals surface area contributed by atoms with Crippen molar-refractivity contribution in [3.8, 4) is 0 Å². The molecule has 548 valence electrons. The van der Waals surface area contributed by atoms with Crippen LogP contribution in [0, 0.1) is 0 Å². The molecule has 6 atom stereocenters. The van der Waals surface area contributed by atoms with E-state index in [9.17, 15) is 43.5 Å². The molecule has 8 aromatic rings. The maximum Gasteiger partial charge on any atom is 0.408 e. The fraction of sp³-hybridized carbons (Fsp3) is 0.359. The first-order valence-corrected chi connectivity index (χ1v) is 34.2. The molecule has 0 bridgehead atoms. The van der Waals surface area contributed by atoms with Crippen molar-refractivity contribution in [1.29, 1.82) is 0 Å². The molecular formula is C78H100N14O11. The number of carbonyl (C=O) groups is 8. The number of ether oxygens (including phenoxy) is 2. The summed E-state index contributed by atoms with van der Waals surface area (Å²) in [5.74, 6) is -2.69. The van der Waals surface area contributed by atoms with Crippen molar-refractivity contribution in [2.24, 2.45) is 27.2 Å². The van der Waals surface area contributed by atoms with Crippen LogP contribution in [0.2, 0.25) is 0 Å². The number of hydrogen-bond acceptors (Lipinski definition) is 13. The molecule has 8 aromatic carbocycles. The van der Waals surface area contributed by atoms with E-state index in [1.807, 2.05) is 170 Å². The molecule has 0 aliphatic heterocycles. The normalized spacial score (nSPS) is 13.3. The number of amides is 7. The second-order valence-corrected chi connectivity index (χ2v) is 26.6. The summed E-state index contributed by atoms with van der Waals surface area (Å²) < 4.78 is 10.6. The molecule has 103 heavy (non-hydrogen) atoms. The third-order valence-electron chi connectivity index (χ3n) is 16.3. The summed E-state index contributed by atoms with van der Waals surface area (Å²) in [5.41, 5.74) is 19.2. The predicted octanol–water partition coefficient (Wildman–Crippen LogP) is 7.32. The van der Waals surface area contributed by atoms with Crippen LogP contribution in [0.15, 0.2) is 180 Å². The number of aliphatic imine (C=N–C) groups is 2. The fourth-order valence-electron chi connectivity index (χ4n) is 11.2. The van der Waals surface area contributed by atoms with Gasteiger partial charge < -0.3 is 79.6 Å². The summed E-state index contributed by atoms with van der Waals surface area (Å²) in [4.78, 5) is 109. The third kappa shape index (κ3) is 26.9. The van der Waals surface area contributed by atoms with Gasteiger partial charge in [0.1, 0.15) is 41.4 Å². The molecule has 0 saturated carbocycles. The van der Waals surface area contributed by atoms with Crippen LogP contribution in [0.1, 0.15) is 89.5 Å². The second-order valence-electron chi connectivity index (χ2n) is 26.6. The number of alkyl carbamates (subject to hydrolysis) is 2. The number of benzene rings is 8. The van der Waals surface area contributed by atoms with Crippen molar-refractivity contribution >= 4 is 103 Å². The highest BCUT2D eigenvalue weighted by molar-refractivity contribution is 5.95. The summed E-state index contributed by atoms with van der Waals surface area (Å²) in [6, 6.07) is 48.7. The SMILES string of the molecule is CC(C)(C)OC(=O)N[C@H](Cc1cccc2ccccc12)C(=O)O.CN=C(NC)NCCC[C@H](N)C(=O)N[C@H](Cc1ccc2ccccc2c1)C(N)=O.CN=C(NC)NCCC[C@H](NC(=O)[C@@H](Cc1cccc2ccccc12)NC(=O)OC(C)(C)C)C(=O)N[C@H](Cc1ccc2ccccc2c1)C(N)=O. The molecule has 7 amide bonds. The summed E-state index contributed by atoms with van der Waals surface area (Å²) in [6.45, 7) is 11.5. The molecule has 25 nitrogen and oxygen atoms in total. The molecule has 0 aliphatic rings. The van der Waals surface area contributed by atoms with Crippen LogP contribution < -0.4 is 65.1 Å². The minimum atomic E-state index is -1.09. The van der Waals surface area contributed by atoms with E-state index in [2.05, 4.69) is 57.8 Å². The lowest BCUT2D eigenvalue weighted by atomic mass is 9.98. The first-order valence-electron chi connectivity index (χ1n) is 34.2. The lowest BCUT2D eigenvalue weighted by Gasteiger charge is -2.26. The van der Waals surface area contributed by atoms with E-state index in [4.69, 9.17) is 26.7 Å². The van der Waals surface area contributed by atoms with Crippen molar-refractivity contribution in [2.75, 3.05) is 41.3 Å². The van der Waals surface area contributed by atoms with E-state index in [-0.39, 0.29) is 31.6 Å². The Morgan fingerprint density at radius 3 is 1.21 bits per heavy atom. The Kier molecular flexibility index (Phi) is 31.0. The van der Waals surface area contributed by atoms with Gasteiger partial charge in [0.15, 0.2) is 11.9 Å². The average Bonchev–Trinajstić information content (AvgIpc) is 0.835. The second kappa shape index (κ2) is 39.6. The van der Waals surface area contributed by atoms with Crippen molar-refractivity contribution < 1.29 is 52.9 Å². The number of carboxylic acids is 1. The van der Waals surface area contributed by atoms with Crippen LogP contribution >= 0.6 is 0 Å². The Bertz CT molecular complexity index is 4250. The number of carboxylic acid groups (broad SMARTS) is 1. The Morgan fingerprint density at radius 1 is 0.427 bits per heavy atom. The molecule has 0 radical (unpaired) electrons. The molecule has 0 fully saturated rings. The lowest BCUT2D eigenvalue weighted by molar-refractivity contribution is -0.139. The summed E-state index contributed by atoms with van der Waals surface area (Å²) in [6.07, 6.45) is 1.12. The molecular weight excluding hydrogens is 1310 g/mol. The summed E-state index contributed by atoms with van der Waals surface area (Å²) in [5, 5.41) is 43.1. The summed E-state index contributed by atoms with van der Waals surface area (Å²) in [7, 11) is 6.83. The van der Waals surface area contributed by atoms with Crippen molar-refractivity contribution in [1.82, 2.24) is 47.9 Å². The number of rotatable bonds is 27. The average molecular weight is 1410 g/mol. The van der Waals surface area contributed by atoms with Crippen molar-refractivity contribution in [3.05, 3.63) is 192 Å². The van der Waals surface area contributed by atoms with Crippen LogP contribution in [-0.2, 0) is 63.9 Å². The topological polar surface area (TPSA) is 386 Å². The zero-order valence-electron chi connectivity index (χ0n) is 60.4. The van der Waals surface area contributed by atoms with Gasteiger partial charge in [-0.15, -0.1) is 0 Å². The number of nitrogens with zero attached hydrogens (tertiary/aromatic N) is 2. The molecule has 0 heterocycles. The third-order valence-corrected chi connectivity index (χ3v) is 16.3. The zero-order valence-corrected chi connectivity index (χ0v) is 60.4. The Hall–Kier alpha value is -11.3. The van der Waals surface area contributed by atoms with Gasteiger partial charge in [-0.3, -0.25) is 34.0 Å². The van der Waals surface area contributed by atoms with E-state index in [0.717, 1.165) is 65.3 Å². The van der Waals surface area contributed by atoms with Gasteiger partial charge in [-0.25, -0.2) is 14.4 Å². The van der Waals surface area contributed by atoms with E-state index in [1.54, 1.807) is 69.7 Å². The number of carbonyl (C=O) groups excluding carboxylic acids is 7. The van der Waals surface area contributed by atoms with Gasteiger partial charge in [-0.05, 0) is 133 Å². The van der Waals surface area contributed by atoms with Crippen molar-refractivity contribution in [3.63, 3.8) is 0 Å². The number of nitrogens with two attached hydrogens (primary N) is 3. The molecule has 0 aliphatic carbocycles. The van der Waals surface area contributed by atoms with Gasteiger partial charge >= 0.3 is 18.2 Å². The quantitative estimate of drug-likeness (QED) is 0.0136. The molecule has 0 spiro atoms. The highest BCUT2D eigenvalue weighted by Gasteiger charge is 2.32. The van der Waals surface area contributed by atoms with Crippen LogP contribution in [0.4, 0.5) is 9.59 Å². The van der Waals surface area contributed by atoms with Gasteiger partial charge in [0.2, 0.25) is 29.5 Å². The van der Waals surface area contributed by atoms with Gasteiger partial charge in [0.05, 0.1) is 6.04 Å². The molecule has 0 saturated heterocycles. The number of aliphatic carboxylic acids is 1. The van der Waals surface area contributed by atoms with Gasteiger partial charge in [0, 0.05) is 67.0 Å². The maximum atomic E-state index is 14.1. The van der Waals surface area contributed by atoms with E-state index in [0.29, 0.717) is 50.7 Å². The van der Waals surface area contributed by atoms with Gasteiger partial charge in [-0.1, -0.05) is 170 Å². The van der Waals surface area contributed by atoms with E-state index >= 15 is 0 Å². The monoisotopic (exact) mass is 1410 g/mol. The molecule has 0 aromatic heterocycles. The molecule has 8 rings (SSSR count). The molecule has 0 unspecified atom stereocenters. The first kappa shape index (κ1) is 80.6. The number of fused-ring (bicyclic) bond motifs is 4. The highest BCUT2D eigenvalue weighted by atomic mass is 16.6. The summed E-state index contributed by atoms with van der Waals surface area (Å²) >= 11 is 0. The largest absolute Gasteiger partial charge is 0.480 e. The Morgan fingerprint density at radius 2 is 0.796 bits per heavy atom. The van der Waals surface area contributed by atoms with Crippen LogP contribution in [0.25, 0.3) is 43.1 Å². The predicted molar refractivity (Wildman–Crippen MR) is 406 cm³/mol. The Balaban J connectivity index is 0.000000269. The minimum Gasteiger partial charge on any atom is -0.480 e. The van der Waals surface area contributed by atoms with Crippen LogP contribution in [-0.4, -0.2) is 153 Å². The maximum absolute atomic E-state index is 14.1. The first-order chi connectivity index (χ1) is 49.1. The number of nitrogens with one attached hydrogen (secondary N) is 9. The lowest BCUT2D eigenvalue weighted by Crippen LogP contribution is -2.57. The van der Waals surface area contributed by atoms with Crippen LogP contribution in [0.5, 0.6) is 0 Å². The Labute approximate surface area is 601 Å². The molecule has 25 heteroatoms. The number of hydrogen-bond donors (Lipinski definition) is 13. The van der Waals surface area contributed by atoms with Gasteiger partial charge in [-0.2, -0.15) is 0 Å².